The van der Waals surface area contributed by atoms with E-state index in [9.17, 15) is 14.3 Å². The third-order valence-corrected chi connectivity index (χ3v) is 2.91. The SMILES string of the molecule is CCOC(=O)CC(O)CNCc1cc(C)c(F)c(C)c1. The number of benzene rings is 1. The monoisotopic (exact) mass is 283 g/mol. The Kier molecular flexibility index (Phi) is 6.61. The van der Waals surface area contributed by atoms with Crippen molar-refractivity contribution >= 4 is 5.97 Å². The van der Waals surface area contributed by atoms with Gasteiger partial charge in [-0.1, -0.05) is 12.1 Å². The number of halogens is 1. The molecular formula is C15H22FNO3. The molecule has 20 heavy (non-hydrogen) atoms. The minimum absolute atomic E-state index is 0.0255. The Balaban J connectivity index is 2.39. The Bertz CT molecular complexity index is 439. The number of aliphatic hydroxyl groups excluding tert-OH is 1. The summed E-state index contributed by atoms with van der Waals surface area (Å²) in [6.07, 6.45) is -0.806. The minimum Gasteiger partial charge on any atom is -0.466 e. The summed E-state index contributed by atoms with van der Waals surface area (Å²) >= 11 is 0. The van der Waals surface area contributed by atoms with Crippen LogP contribution in [0.3, 0.4) is 0 Å². The summed E-state index contributed by atoms with van der Waals surface area (Å²) in [5.74, 6) is -0.591. The Hall–Kier alpha value is -1.46. The average molecular weight is 283 g/mol. The summed E-state index contributed by atoms with van der Waals surface area (Å²) in [4.78, 5) is 11.2. The number of aliphatic hydroxyl groups is 1. The summed E-state index contributed by atoms with van der Waals surface area (Å²) < 4.78 is 18.2. The lowest BCUT2D eigenvalue weighted by atomic mass is 10.1. The predicted molar refractivity (Wildman–Crippen MR) is 74.8 cm³/mol. The molecular weight excluding hydrogens is 261 g/mol. The molecule has 2 N–H and O–H groups in total. The maximum atomic E-state index is 13.5. The molecule has 1 aromatic rings. The molecule has 0 fully saturated rings. The van der Waals surface area contributed by atoms with Crippen LogP contribution in [0.5, 0.6) is 0 Å². The normalized spacial score (nSPS) is 12.2. The van der Waals surface area contributed by atoms with Gasteiger partial charge in [-0.15, -0.1) is 0 Å². The first kappa shape index (κ1) is 16.6. The van der Waals surface area contributed by atoms with Gasteiger partial charge < -0.3 is 15.2 Å². The average Bonchev–Trinajstić information content (AvgIpc) is 2.36. The molecule has 0 heterocycles. The number of hydrogen-bond donors (Lipinski definition) is 2. The maximum absolute atomic E-state index is 13.5. The molecule has 1 unspecified atom stereocenters. The van der Waals surface area contributed by atoms with E-state index >= 15 is 0 Å². The van der Waals surface area contributed by atoms with E-state index in [4.69, 9.17) is 4.74 Å². The van der Waals surface area contributed by atoms with Crippen molar-refractivity contribution in [3.8, 4) is 0 Å². The highest BCUT2D eigenvalue weighted by Gasteiger charge is 2.11. The number of carbonyl (C=O) groups is 1. The lowest BCUT2D eigenvalue weighted by molar-refractivity contribution is -0.145. The van der Waals surface area contributed by atoms with Crippen molar-refractivity contribution in [2.45, 2.75) is 39.8 Å². The predicted octanol–water partition coefficient (Wildman–Crippen LogP) is 1.85. The number of esters is 1. The molecule has 4 nitrogen and oxygen atoms in total. The van der Waals surface area contributed by atoms with Gasteiger partial charge in [-0.25, -0.2) is 4.39 Å². The molecule has 0 aromatic heterocycles. The molecule has 0 spiro atoms. The Labute approximate surface area is 119 Å². The van der Waals surface area contributed by atoms with Gasteiger partial charge in [-0.3, -0.25) is 4.79 Å². The third kappa shape index (κ3) is 5.27. The molecule has 0 saturated heterocycles. The highest BCUT2D eigenvalue weighted by atomic mass is 19.1. The summed E-state index contributed by atoms with van der Waals surface area (Å²) in [6.45, 7) is 6.29. The van der Waals surface area contributed by atoms with Gasteiger partial charge >= 0.3 is 5.97 Å². The topological polar surface area (TPSA) is 58.6 Å². The fourth-order valence-corrected chi connectivity index (χ4v) is 2.01. The Morgan fingerprint density at radius 2 is 2.00 bits per heavy atom. The molecule has 0 saturated carbocycles. The lowest BCUT2D eigenvalue weighted by Crippen LogP contribution is -2.29. The second kappa shape index (κ2) is 7.97. The smallest absolute Gasteiger partial charge is 0.308 e. The fraction of sp³-hybridized carbons (Fsp3) is 0.533. The first-order valence-corrected chi connectivity index (χ1v) is 6.74. The van der Waals surface area contributed by atoms with E-state index < -0.39 is 12.1 Å². The Morgan fingerprint density at radius 1 is 1.40 bits per heavy atom. The van der Waals surface area contributed by atoms with Crippen LogP contribution in [-0.4, -0.2) is 30.3 Å². The zero-order valence-corrected chi connectivity index (χ0v) is 12.2. The second-order valence-electron chi connectivity index (χ2n) is 4.84. The van der Waals surface area contributed by atoms with Crippen LogP contribution in [0.4, 0.5) is 4.39 Å². The molecule has 0 amide bonds. The van der Waals surface area contributed by atoms with Crippen LogP contribution in [0.25, 0.3) is 0 Å². The fourth-order valence-electron chi connectivity index (χ4n) is 2.01. The van der Waals surface area contributed by atoms with Crippen molar-refractivity contribution in [2.75, 3.05) is 13.2 Å². The van der Waals surface area contributed by atoms with Gasteiger partial charge in [-0.05, 0) is 37.5 Å². The largest absolute Gasteiger partial charge is 0.466 e. The summed E-state index contributed by atoms with van der Waals surface area (Å²) in [7, 11) is 0. The van der Waals surface area contributed by atoms with Gasteiger partial charge in [0.1, 0.15) is 5.82 Å². The zero-order chi connectivity index (χ0) is 15.1. The van der Waals surface area contributed by atoms with Crippen LogP contribution < -0.4 is 5.32 Å². The van der Waals surface area contributed by atoms with Crippen LogP contribution in [0, 0.1) is 19.7 Å². The van der Waals surface area contributed by atoms with Gasteiger partial charge in [0.25, 0.3) is 0 Å². The molecule has 0 bridgehead atoms. The molecule has 1 aromatic carbocycles. The summed E-state index contributed by atoms with van der Waals surface area (Å²) in [6, 6.07) is 3.54. The first-order chi connectivity index (χ1) is 9.43. The standard InChI is InChI=1S/C15H22FNO3/c1-4-20-14(19)7-13(18)9-17-8-12-5-10(2)15(16)11(3)6-12/h5-6,13,17-18H,4,7-9H2,1-3H3. The number of ether oxygens (including phenoxy) is 1. The van der Waals surface area contributed by atoms with Crippen molar-refractivity contribution < 1.29 is 19.0 Å². The van der Waals surface area contributed by atoms with Gasteiger partial charge in [-0.2, -0.15) is 0 Å². The molecule has 112 valence electrons. The van der Waals surface area contributed by atoms with E-state index in [0.717, 1.165) is 5.56 Å². The second-order valence-corrected chi connectivity index (χ2v) is 4.84. The highest BCUT2D eigenvalue weighted by molar-refractivity contribution is 5.69. The van der Waals surface area contributed by atoms with Crippen molar-refractivity contribution in [3.63, 3.8) is 0 Å². The van der Waals surface area contributed by atoms with Crippen molar-refractivity contribution in [3.05, 3.63) is 34.6 Å². The van der Waals surface area contributed by atoms with E-state index in [-0.39, 0.29) is 18.8 Å². The van der Waals surface area contributed by atoms with Crippen molar-refractivity contribution in [2.24, 2.45) is 0 Å². The van der Waals surface area contributed by atoms with Gasteiger partial charge in [0.15, 0.2) is 0 Å². The van der Waals surface area contributed by atoms with Crippen molar-refractivity contribution in [1.82, 2.24) is 5.32 Å². The number of rotatable bonds is 7. The zero-order valence-electron chi connectivity index (χ0n) is 12.2. The molecule has 1 atom stereocenters. The number of hydrogen-bond acceptors (Lipinski definition) is 4. The lowest BCUT2D eigenvalue weighted by Gasteiger charge is -2.12. The first-order valence-electron chi connectivity index (χ1n) is 6.74. The molecule has 1 rings (SSSR count). The van der Waals surface area contributed by atoms with E-state index in [1.807, 2.05) is 0 Å². The van der Waals surface area contributed by atoms with Gasteiger partial charge in [0, 0.05) is 13.1 Å². The van der Waals surface area contributed by atoms with Crippen LogP contribution in [0.15, 0.2) is 12.1 Å². The van der Waals surface area contributed by atoms with E-state index in [1.54, 1.807) is 32.9 Å². The van der Waals surface area contributed by atoms with E-state index in [0.29, 0.717) is 24.3 Å². The van der Waals surface area contributed by atoms with Crippen LogP contribution in [0.2, 0.25) is 0 Å². The molecule has 0 aliphatic heterocycles. The quantitative estimate of drug-likeness (QED) is 0.750. The van der Waals surface area contributed by atoms with E-state index in [1.165, 1.54) is 0 Å². The van der Waals surface area contributed by atoms with Gasteiger partial charge in [0.05, 0.1) is 19.1 Å². The summed E-state index contributed by atoms with van der Waals surface area (Å²) in [5, 5.41) is 12.7. The molecule has 0 aliphatic carbocycles. The van der Waals surface area contributed by atoms with Crippen LogP contribution >= 0.6 is 0 Å². The van der Waals surface area contributed by atoms with Crippen LogP contribution in [0.1, 0.15) is 30.0 Å². The van der Waals surface area contributed by atoms with Crippen molar-refractivity contribution in [1.29, 1.82) is 0 Å². The number of carbonyl (C=O) groups excluding carboxylic acids is 1. The van der Waals surface area contributed by atoms with E-state index in [2.05, 4.69) is 5.32 Å². The minimum atomic E-state index is -0.781. The summed E-state index contributed by atoms with van der Waals surface area (Å²) in [5.41, 5.74) is 2.16. The third-order valence-electron chi connectivity index (χ3n) is 2.91. The number of aryl methyl sites for hydroxylation is 2. The maximum Gasteiger partial charge on any atom is 0.308 e. The highest BCUT2D eigenvalue weighted by Crippen LogP contribution is 2.14. The van der Waals surface area contributed by atoms with Gasteiger partial charge in [0.2, 0.25) is 0 Å². The number of nitrogens with one attached hydrogen (secondary N) is 1. The molecule has 0 aliphatic rings. The molecule has 0 radical (unpaired) electrons. The molecule has 5 heteroatoms. The van der Waals surface area contributed by atoms with Crippen LogP contribution in [-0.2, 0) is 16.1 Å². The Morgan fingerprint density at radius 3 is 2.55 bits per heavy atom.